The van der Waals surface area contributed by atoms with Crippen molar-refractivity contribution in [2.24, 2.45) is 5.73 Å². The van der Waals surface area contributed by atoms with Crippen LogP contribution in [0.5, 0.6) is 0 Å². The van der Waals surface area contributed by atoms with Crippen molar-refractivity contribution >= 4 is 17.6 Å². The summed E-state index contributed by atoms with van der Waals surface area (Å²) in [7, 11) is 0. The Morgan fingerprint density at radius 3 is 2.70 bits per heavy atom. The van der Waals surface area contributed by atoms with Crippen LogP contribution in [0, 0.1) is 0 Å². The van der Waals surface area contributed by atoms with Gasteiger partial charge in [-0.3, -0.25) is 14.4 Å². The molecule has 0 spiro atoms. The molecule has 0 saturated carbocycles. The summed E-state index contributed by atoms with van der Waals surface area (Å²) in [6, 6.07) is -0.781. The number of hydrogen-bond acceptors (Lipinski definition) is 5. The van der Waals surface area contributed by atoms with Gasteiger partial charge < -0.3 is 21.3 Å². The highest BCUT2D eigenvalue weighted by atomic mass is 16.2. The number of amides is 2. The largest absolute Gasteiger partial charge is 0.386 e. The predicted molar refractivity (Wildman–Crippen MR) is 88.0 cm³/mol. The van der Waals surface area contributed by atoms with E-state index in [1.807, 2.05) is 18.7 Å². The van der Waals surface area contributed by atoms with Gasteiger partial charge in [-0.25, -0.2) is 0 Å². The smallest absolute Gasteiger partial charge is 0.291 e. The van der Waals surface area contributed by atoms with Crippen LogP contribution in [0.4, 0.5) is 0 Å². The number of nitrogens with two attached hydrogens (primary N) is 1. The third-order valence-corrected chi connectivity index (χ3v) is 3.93. The Morgan fingerprint density at radius 1 is 1.48 bits per heavy atom. The fourth-order valence-corrected chi connectivity index (χ4v) is 2.67. The number of carbonyl (C=O) groups is 3. The molecule has 2 amide bonds. The highest BCUT2D eigenvalue weighted by Gasteiger charge is 2.36. The van der Waals surface area contributed by atoms with Crippen molar-refractivity contribution in [3.05, 3.63) is 11.9 Å². The van der Waals surface area contributed by atoms with Gasteiger partial charge in [0.05, 0.1) is 11.9 Å². The molecule has 1 aliphatic heterocycles. The lowest BCUT2D eigenvalue weighted by molar-refractivity contribution is -0.141. The summed E-state index contributed by atoms with van der Waals surface area (Å²) in [6.07, 6.45) is 3.83. The lowest BCUT2D eigenvalue weighted by Crippen LogP contribution is -2.59. The van der Waals surface area contributed by atoms with Gasteiger partial charge in [-0.1, -0.05) is 6.92 Å². The number of nitrogens with one attached hydrogen (secondary N) is 2. The highest BCUT2D eigenvalue weighted by Crippen LogP contribution is 2.18. The first-order chi connectivity index (χ1) is 10.7. The summed E-state index contributed by atoms with van der Waals surface area (Å²) in [5.41, 5.74) is 5.22. The first kappa shape index (κ1) is 19.0. The van der Waals surface area contributed by atoms with E-state index in [0.717, 1.165) is 0 Å². The van der Waals surface area contributed by atoms with Gasteiger partial charge in [0.2, 0.25) is 11.7 Å². The fourth-order valence-electron chi connectivity index (χ4n) is 2.67. The lowest BCUT2D eigenvalue weighted by atomic mass is 10.1. The molecule has 0 aromatic heterocycles. The van der Waals surface area contributed by atoms with E-state index in [-0.39, 0.29) is 5.91 Å². The van der Waals surface area contributed by atoms with E-state index in [9.17, 15) is 14.4 Å². The Bertz CT molecular complexity index is 500. The van der Waals surface area contributed by atoms with E-state index in [1.165, 1.54) is 0 Å². The molecule has 0 aromatic carbocycles. The number of ketones is 1. The summed E-state index contributed by atoms with van der Waals surface area (Å²) >= 11 is 0. The molecule has 4 N–H and O–H groups in total. The van der Waals surface area contributed by atoms with E-state index < -0.39 is 23.4 Å². The summed E-state index contributed by atoms with van der Waals surface area (Å²) in [6.45, 7) is 7.88. The van der Waals surface area contributed by atoms with E-state index >= 15 is 0 Å². The van der Waals surface area contributed by atoms with Crippen LogP contribution in [0.3, 0.4) is 0 Å². The van der Waals surface area contributed by atoms with E-state index in [4.69, 9.17) is 5.73 Å². The van der Waals surface area contributed by atoms with Crippen molar-refractivity contribution in [2.75, 3.05) is 6.54 Å². The van der Waals surface area contributed by atoms with Gasteiger partial charge >= 0.3 is 0 Å². The van der Waals surface area contributed by atoms with Gasteiger partial charge in [-0.05, 0) is 46.1 Å². The molecule has 7 nitrogen and oxygen atoms in total. The second-order valence-electron chi connectivity index (χ2n) is 6.25. The molecule has 1 heterocycles. The second-order valence-corrected chi connectivity index (χ2v) is 6.25. The molecular formula is C16H28N4O3. The van der Waals surface area contributed by atoms with Crippen molar-refractivity contribution in [3.8, 4) is 0 Å². The van der Waals surface area contributed by atoms with Crippen molar-refractivity contribution in [3.63, 3.8) is 0 Å². The highest BCUT2D eigenvalue weighted by molar-refractivity contribution is 6.38. The number of Topliss-reactive ketones (excluding diaryl/α,β-unsaturated/α-hetero) is 1. The normalized spacial score (nSPS) is 22.7. The number of hydrogen-bond donors (Lipinski definition) is 3. The van der Waals surface area contributed by atoms with Gasteiger partial charge in [0.25, 0.3) is 5.91 Å². The molecule has 130 valence electrons. The second kappa shape index (κ2) is 7.99. The lowest BCUT2D eigenvalue weighted by Gasteiger charge is -2.40. The average Bonchev–Trinajstić information content (AvgIpc) is 2.51. The average molecular weight is 324 g/mol. The van der Waals surface area contributed by atoms with Crippen molar-refractivity contribution in [1.82, 2.24) is 15.5 Å². The monoisotopic (exact) mass is 324 g/mol. The molecule has 1 rings (SSSR count). The van der Waals surface area contributed by atoms with Gasteiger partial charge in [0, 0.05) is 13.0 Å². The molecule has 1 fully saturated rings. The molecule has 1 saturated heterocycles. The SMILES string of the molecule is C/C=C(/N)N1CCCC(NC(=O)CCC)C(=O)C(=O)NC1(C)C. The fraction of sp³-hybridized carbons (Fsp3) is 0.688. The Hall–Kier alpha value is -2.05. The molecular weight excluding hydrogens is 296 g/mol. The van der Waals surface area contributed by atoms with E-state index in [2.05, 4.69) is 10.6 Å². The van der Waals surface area contributed by atoms with E-state index in [1.54, 1.807) is 19.9 Å². The topological polar surface area (TPSA) is 105 Å². The molecule has 23 heavy (non-hydrogen) atoms. The standard InChI is InChI=1S/C16H28N4O3/c1-5-8-13(21)18-11-9-7-10-20(12(17)6-2)16(3,4)19-15(23)14(11)22/h6,11H,5,7-10,17H2,1-4H3,(H,18,21)(H,19,23)/b12-6-. The van der Waals surface area contributed by atoms with Crippen molar-refractivity contribution < 1.29 is 14.4 Å². The van der Waals surface area contributed by atoms with Crippen LogP contribution in [-0.4, -0.2) is 40.7 Å². The molecule has 0 aliphatic carbocycles. The van der Waals surface area contributed by atoms with Crippen LogP contribution in [0.25, 0.3) is 0 Å². The molecule has 1 atom stereocenters. The number of carbonyl (C=O) groups excluding carboxylic acids is 3. The van der Waals surface area contributed by atoms with Crippen LogP contribution in [-0.2, 0) is 14.4 Å². The maximum Gasteiger partial charge on any atom is 0.291 e. The molecule has 0 aromatic rings. The maximum atomic E-state index is 12.3. The third kappa shape index (κ3) is 4.97. The van der Waals surface area contributed by atoms with Crippen LogP contribution in [0.1, 0.15) is 53.4 Å². The van der Waals surface area contributed by atoms with Crippen LogP contribution in [0.2, 0.25) is 0 Å². The van der Waals surface area contributed by atoms with E-state index in [0.29, 0.717) is 38.0 Å². The first-order valence-corrected chi connectivity index (χ1v) is 8.08. The maximum absolute atomic E-state index is 12.3. The molecule has 7 heteroatoms. The minimum atomic E-state index is -0.786. The third-order valence-electron chi connectivity index (χ3n) is 3.93. The molecule has 1 aliphatic rings. The molecule has 0 radical (unpaired) electrons. The summed E-state index contributed by atoms with van der Waals surface area (Å²) in [5.74, 6) is -0.978. The van der Waals surface area contributed by atoms with Crippen molar-refractivity contribution in [2.45, 2.75) is 65.1 Å². The van der Waals surface area contributed by atoms with Gasteiger partial charge in [0.15, 0.2) is 0 Å². The zero-order chi connectivity index (χ0) is 17.6. The van der Waals surface area contributed by atoms with Gasteiger partial charge in [-0.15, -0.1) is 0 Å². The van der Waals surface area contributed by atoms with Crippen LogP contribution >= 0.6 is 0 Å². The van der Waals surface area contributed by atoms with Gasteiger partial charge in [-0.2, -0.15) is 0 Å². The van der Waals surface area contributed by atoms with Gasteiger partial charge in [0.1, 0.15) is 5.66 Å². The first-order valence-electron chi connectivity index (χ1n) is 8.08. The summed E-state index contributed by atoms with van der Waals surface area (Å²) in [4.78, 5) is 38.2. The minimum Gasteiger partial charge on any atom is -0.386 e. The zero-order valence-electron chi connectivity index (χ0n) is 14.4. The van der Waals surface area contributed by atoms with Crippen molar-refractivity contribution in [1.29, 1.82) is 0 Å². The number of allylic oxidation sites excluding steroid dienone is 1. The Balaban J connectivity index is 2.97. The minimum absolute atomic E-state index is 0.206. The quantitative estimate of drug-likeness (QED) is 0.657. The Labute approximate surface area is 137 Å². The molecule has 1 unspecified atom stereocenters. The number of rotatable bonds is 4. The Morgan fingerprint density at radius 2 is 2.13 bits per heavy atom. The summed E-state index contributed by atoms with van der Waals surface area (Å²) < 4.78 is 0. The van der Waals surface area contributed by atoms with Crippen LogP contribution in [0.15, 0.2) is 11.9 Å². The summed E-state index contributed by atoms with van der Waals surface area (Å²) in [5, 5.41) is 5.38. The molecule has 0 bridgehead atoms. The number of nitrogens with zero attached hydrogens (tertiary/aromatic N) is 1. The van der Waals surface area contributed by atoms with Crippen LogP contribution < -0.4 is 16.4 Å². The predicted octanol–water partition coefficient (Wildman–Crippen LogP) is 0.609. The zero-order valence-corrected chi connectivity index (χ0v) is 14.4. The Kier molecular flexibility index (Phi) is 6.60.